The molecule has 16 heavy (non-hydrogen) atoms. The molecule has 1 aromatic heterocycles. The van der Waals surface area contributed by atoms with Gasteiger partial charge in [-0.1, -0.05) is 5.16 Å². The van der Waals surface area contributed by atoms with Gasteiger partial charge in [0.25, 0.3) is 0 Å². The van der Waals surface area contributed by atoms with Gasteiger partial charge in [0, 0.05) is 18.5 Å². The van der Waals surface area contributed by atoms with Crippen molar-refractivity contribution in [1.29, 1.82) is 0 Å². The fourth-order valence-corrected chi connectivity index (χ4v) is 1.19. The Morgan fingerprint density at radius 3 is 2.88 bits per heavy atom. The van der Waals surface area contributed by atoms with Gasteiger partial charge in [-0.25, -0.2) is 0 Å². The zero-order valence-electron chi connectivity index (χ0n) is 9.02. The second-order valence-electron chi connectivity index (χ2n) is 3.45. The number of aryl methyl sites for hydroxylation is 1. The first-order chi connectivity index (χ1) is 7.59. The number of aromatic nitrogens is 1. The van der Waals surface area contributed by atoms with E-state index in [9.17, 15) is 9.59 Å². The number of amides is 1. The molecule has 0 spiro atoms. The average molecular weight is 226 g/mol. The highest BCUT2D eigenvalue weighted by molar-refractivity contribution is 5.78. The van der Waals surface area contributed by atoms with Gasteiger partial charge < -0.3 is 14.9 Å². The Morgan fingerprint density at radius 1 is 1.56 bits per heavy atom. The maximum absolute atomic E-state index is 11.4. The van der Waals surface area contributed by atoms with Crippen LogP contribution in [0.1, 0.15) is 24.1 Å². The molecule has 6 nitrogen and oxygen atoms in total. The van der Waals surface area contributed by atoms with Gasteiger partial charge in [-0.05, 0) is 13.3 Å². The number of carbonyl (C=O) groups excluding carboxylic acids is 1. The van der Waals surface area contributed by atoms with E-state index in [2.05, 4.69) is 10.5 Å². The quantitative estimate of drug-likeness (QED) is 0.689. The molecule has 1 aromatic rings. The van der Waals surface area contributed by atoms with E-state index in [1.54, 1.807) is 6.92 Å². The highest BCUT2D eigenvalue weighted by Gasteiger charge is 2.08. The highest BCUT2D eigenvalue weighted by Crippen LogP contribution is 2.05. The predicted molar refractivity (Wildman–Crippen MR) is 54.8 cm³/mol. The second-order valence-corrected chi connectivity index (χ2v) is 3.45. The molecule has 0 aliphatic heterocycles. The number of hydrogen-bond donors (Lipinski definition) is 2. The van der Waals surface area contributed by atoms with E-state index in [4.69, 9.17) is 9.63 Å². The number of nitrogens with one attached hydrogen (secondary N) is 1. The molecule has 1 heterocycles. The first-order valence-electron chi connectivity index (χ1n) is 4.98. The summed E-state index contributed by atoms with van der Waals surface area (Å²) in [5.74, 6) is -1.01. The van der Waals surface area contributed by atoms with Crippen molar-refractivity contribution in [2.75, 3.05) is 6.54 Å². The Kier molecular flexibility index (Phi) is 4.50. The lowest BCUT2D eigenvalue weighted by molar-refractivity contribution is -0.137. The van der Waals surface area contributed by atoms with Gasteiger partial charge in [0.1, 0.15) is 6.26 Å². The third kappa shape index (κ3) is 4.12. The third-order valence-corrected chi connectivity index (χ3v) is 2.09. The van der Waals surface area contributed by atoms with Gasteiger partial charge in [0.2, 0.25) is 5.91 Å². The third-order valence-electron chi connectivity index (χ3n) is 2.09. The lowest BCUT2D eigenvalue weighted by Gasteiger charge is -2.02. The van der Waals surface area contributed by atoms with Crippen LogP contribution in [0.15, 0.2) is 10.8 Å². The van der Waals surface area contributed by atoms with Crippen LogP contribution in [0.5, 0.6) is 0 Å². The van der Waals surface area contributed by atoms with E-state index < -0.39 is 5.97 Å². The van der Waals surface area contributed by atoms with Crippen LogP contribution in [-0.2, 0) is 16.0 Å². The van der Waals surface area contributed by atoms with Gasteiger partial charge in [0.15, 0.2) is 0 Å². The van der Waals surface area contributed by atoms with Crippen LogP contribution in [0.4, 0.5) is 0 Å². The zero-order chi connectivity index (χ0) is 12.0. The van der Waals surface area contributed by atoms with E-state index in [1.165, 1.54) is 6.26 Å². The van der Waals surface area contributed by atoms with Gasteiger partial charge in [0.05, 0.1) is 12.1 Å². The van der Waals surface area contributed by atoms with Gasteiger partial charge in [-0.2, -0.15) is 0 Å². The van der Waals surface area contributed by atoms with Crippen molar-refractivity contribution in [3.05, 3.63) is 17.5 Å². The summed E-state index contributed by atoms with van der Waals surface area (Å²) in [6, 6.07) is 0. The normalized spacial score (nSPS) is 10.1. The number of carboxylic acids is 1. The Morgan fingerprint density at radius 2 is 2.31 bits per heavy atom. The van der Waals surface area contributed by atoms with Gasteiger partial charge in [-0.3, -0.25) is 9.59 Å². The molecule has 0 fully saturated rings. The summed E-state index contributed by atoms with van der Waals surface area (Å²) in [7, 11) is 0. The maximum Gasteiger partial charge on any atom is 0.303 e. The first kappa shape index (κ1) is 12.2. The molecule has 0 bridgehead atoms. The van der Waals surface area contributed by atoms with Crippen LogP contribution in [0.2, 0.25) is 0 Å². The zero-order valence-corrected chi connectivity index (χ0v) is 9.02. The number of carbonyl (C=O) groups is 2. The monoisotopic (exact) mass is 226 g/mol. The molecule has 0 aromatic carbocycles. The summed E-state index contributed by atoms with van der Waals surface area (Å²) in [4.78, 5) is 21.6. The van der Waals surface area contributed by atoms with Crippen molar-refractivity contribution in [1.82, 2.24) is 10.5 Å². The molecule has 1 rings (SSSR count). The van der Waals surface area contributed by atoms with Gasteiger partial charge >= 0.3 is 5.97 Å². The predicted octanol–water partition coefficient (Wildman–Crippen LogP) is 0.507. The van der Waals surface area contributed by atoms with Crippen LogP contribution in [-0.4, -0.2) is 28.7 Å². The minimum Gasteiger partial charge on any atom is -0.481 e. The molecule has 0 atom stereocenters. The summed E-state index contributed by atoms with van der Waals surface area (Å²) >= 11 is 0. The number of hydrogen-bond acceptors (Lipinski definition) is 4. The van der Waals surface area contributed by atoms with E-state index >= 15 is 0 Å². The van der Waals surface area contributed by atoms with E-state index in [1.807, 2.05) is 0 Å². The van der Waals surface area contributed by atoms with Crippen molar-refractivity contribution >= 4 is 11.9 Å². The molecule has 0 saturated heterocycles. The molecule has 2 N–H and O–H groups in total. The van der Waals surface area contributed by atoms with Crippen molar-refractivity contribution in [3.63, 3.8) is 0 Å². The van der Waals surface area contributed by atoms with Crippen LogP contribution in [0.25, 0.3) is 0 Å². The fourth-order valence-electron chi connectivity index (χ4n) is 1.19. The summed E-state index contributed by atoms with van der Waals surface area (Å²) < 4.78 is 4.70. The fraction of sp³-hybridized carbons (Fsp3) is 0.500. The van der Waals surface area contributed by atoms with E-state index in [-0.39, 0.29) is 18.7 Å². The number of carboxylic acid groups (broad SMARTS) is 1. The molecule has 0 radical (unpaired) electrons. The SMILES string of the molecule is Cc1nocc1CC(=O)NCCCC(=O)O. The molecule has 88 valence electrons. The van der Waals surface area contributed by atoms with Crippen LogP contribution >= 0.6 is 0 Å². The van der Waals surface area contributed by atoms with Crippen LogP contribution in [0.3, 0.4) is 0 Å². The van der Waals surface area contributed by atoms with Crippen molar-refractivity contribution in [3.8, 4) is 0 Å². The number of aliphatic carboxylic acids is 1. The average Bonchev–Trinajstić information content (AvgIpc) is 2.59. The molecular weight excluding hydrogens is 212 g/mol. The molecular formula is C10H14N2O4. The minimum absolute atomic E-state index is 0.0621. The molecule has 0 aliphatic rings. The van der Waals surface area contributed by atoms with Crippen molar-refractivity contribution in [2.24, 2.45) is 0 Å². The van der Waals surface area contributed by atoms with Crippen molar-refractivity contribution < 1.29 is 19.2 Å². The smallest absolute Gasteiger partial charge is 0.303 e. The first-order valence-corrected chi connectivity index (χ1v) is 4.98. The Balaban J connectivity index is 2.21. The number of rotatable bonds is 6. The summed E-state index contributed by atoms with van der Waals surface area (Å²) in [5, 5.41) is 14.7. The topological polar surface area (TPSA) is 92.4 Å². The van der Waals surface area contributed by atoms with E-state index in [0.29, 0.717) is 18.7 Å². The lowest BCUT2D eigenvalue weighted by atomic mass is 10.2. The van der Waals surface area contributed by atoms with Crippen LogP contribution in [0, 0.1) is 6.92 Å². The Bertz CT molecular complexity index is 373. The second kappa shape index (κ2) is 5.89. The van der Waals surface area contributed by atoms with Crippen molar-refractivity contribution in [2.45, 2.75) is 26.2 Å². The molecule has 1 amide bonds. The molecule has 6 heteroatoms. The Hall–Kier alpha value is -1.85. The molecule has 0 saturated carbocycles. The highest BCUT2D eigenvalue weighted by atomic mass is 16.5. The van der Waals surface area contributed by atoms with Crippen LogP contribution < -0.4 is 5.32 Å². The van der Waals surface area contributed by atoms with Gasteiger partial charge in [-0.15, -0.1) is 0 Å². The summed E-state index contributed by atoms with van der Waals surface area (Å²) in [6.45, 7) is 2.13. The lowest BCUT2D eigenvalue weighted by Crippen LogP contribution is -2.26. The van der Waals surface area contributed by atoms with E-state index in [0.717, 1.165) is 5.56 Å². The minimum atomic E-state index is -0.857. The number of nitrogens with zero attached hydrogens (tertiary/aromatic N) is 1. The Labute approximate surface area is 92.6 Å². The standard InChI is InChI=1S/C10H14N2O4/c1-7-8(6-16-12-7)5-9(13)11-4-2-3-10(14)15/h6H,2-5H2,1H3,(H,11,13)(H,14,15). The summed E-state index contributed by atoms with van der Waals surface area (Å²) in [6.07, 6.45) is 2.14. The molecule has 0 aliphatic carbocycles. The summed E-state index contributed by atoms with van der Waals surface area (Å²) in [5.41, 5.74) is 1.44. The molecule has 0 unspecified atom stereocenters. The maximum atomic E-state index is 11.4. The largest absolute Gasteiger partial charge is 0.481 e.